The Morgan fingerprint density at radius 2 is 1.90 bits per heavy atom. The second kappa shape index (κ2) is 6.79. The van der Waals surface area contributed by atoms with Crippen molar-refractivity contribution in [3.05, 3.63) is 64.1 Å². The molecule has 0 amide bonds. The van der Waals surface area contributed by atoms with E-state index in [0.29, 0.717) is 0 Å². The molecule has 0 unspecified atom stereocenters. The Balaban J connectivity index is 1.58. The number of hydrogen-bond acceptors (Lipinski definition) is 2. The Labute approximate surface area is 133 Å². The number of thioether (sulfide) groups is 1. The van der Waals surface area contributed by atoms with E-state index >= 15 is 0 Å². The van der Waals surface area contributed by atoms with Crippen molar-refractivity contribution in [2.75, 3.05) is 0 Å². The molecule has 1 N–H and O–H groups in total. The van der Waals surface area contributed by atoms with Gasteiger partial charge in [0.15, 0.2) is 0 Å². The van der Waals surface area contributed by atoms with E-state index in [0.717, 1.165) is 18.3 Å². The van der Waals surface area contributed by atoms with Gasteiger partial charge in [0.1, 0.15) is 0 Å². The van der Waals surface area contributed by atoms with E-state index in [1.165, 1.54) is 33.3 Å². The zero-order valence-electron chi connectivity index (χ0n) is 11.3. The molecule has 0 aromatic heterocycles. The largest absolute Gasteiger partial charge is 0.310 e. The fourth-order valence-corrected chi connectivity index (χ4v) is 3.61. The van der Waals surface area contributed by atoms with Crippen LogP contribution in [0.5, 0.6) is 0 Å². The first kappa shape index (κ1) is 14.2. The zero-order valence-corrected chi connectivity index (χ0v) is 13.7. The minimum absolute atomic E-state index is 0.758. The highest BCUT2D eigenvalue weighted by Gasteiger charge is 2.20. The van der Waals surface area contributed by atoms with Crippen molar-refractivity contribution in [2.45, 2.75) is 36.1 Å². The third-order valence-corrected chi connectivity index (χ3v) is 5.23. The molecule has 2 aromatic rings. The van der Waals surface area contributed by atoms with Gasteiger partial charge in [-0.3, -0.25) is 0 Å². The van der Waals surface area contributed by atoms with Gasteiger partial charge in [0.25, 0.3) is 0 Å². The highest BCUT2D eigenvalue weighted by Crippen LogP contribution is 2.28. The first-order valence-electron chi connectivity index (χ1n) is 7.00. The van der Waals surface area contributed by atoms with Gasteiger partial charge in [0.2, 0.25) is 0 Å². The lowest BCUT2D eigenvalue weighted by molar-refractivity contribution is 0.685. The smallest absolute Gasteiger partial charge is 0.0231 e. The van der Waals surface area contributed by atoms with E-state index in [9.17, 15) is 0 Å². The summed E-state index contributed by atoms with van der Waals surface area (Å²) in [5, 5.41) is 3.55. The molecule has 0 atom stereocenters. The predicted molar refractivity (Wildman–Crippen MR) is 90.0 cm³/mol. The fraction of sp³-hybridized carbons (Fsp3) is 0.294. The maximum absolute atomic E-state index is 3.69. The molecular weight excluding hydrogens is 330 g/mol. The van der Waals surface area contributed by atoms with Crippen molar-refractivity contribution in [1.29, 1.82) is 0 Å². The van der Waals surface area contributed by atoms with E-state index in [1.54, 1.807) is 0 Å². The van der Waals surface area contributed by atoms with Crippen LogP contribution in [-0.2, 0) is 12.3 Å². The second-order valence-electron chi connectivity index (χ2n) is 5.18. The van der Waals surface area contributed by atoms with Gasteiger partial charge in [-0.2, -0.15) is 0 Å². The van der Waals surface area contributed by atoms with E-state index in [2.05, 4.69) is 69.8 Å². The van der Waals surface area contributed by atoms with Crippen molar-refractivity contribution < 1.29 is 0 Å². The third kappa shape index (κ3) is 4.11. The summed E-state index contributed by atoms with van der Waals surface area (Å²) in [7, 11) is 0. The molecule has 1 aliphatic carbocycles. The van der Waals surface area contributed by atoms with Gasteiger partial charge in [-0.15, -0.1) is 11.8 Å². The van der Waals surface area contributed by atoms with E-state index in [1.807, 2.05) is 11.8 Å². The molecule has 3 rings (SSSR count). The van der Waals surface area contributed by atoms with Gasteiger partial charge in [-0.25, -0.2) is 0 Å². The van der Waals surface area contributed by atoms with Crippen LogP contribution in [0.4, 0.5) is 0 Å². The second-order valence-corrected chi connectivity index (χ2v) is 7.09. The Kier molecular flexibility index (Phi) is 4.81. The Bertz CT molecular complexity index is 566. The van der Waals surface area contributed by atoms with Crippen molar-refractivity contribution in [1.82, 2.24) is 5.32 Å². The van der Waals surface area contributed by atoms with Crippen molar-refractivity contribution in [3.63, 3.8) is 0 Å². The molecule has 1 fully saturated rings. The van der Waals surface area contributed by atoms with Crippen LogP contribution in [0.25, 0.3) is 0 Å². The normalized spacial score (nSPS) is 14.4. The molecule has 0 spiro atoms. The van der Waals surface area contributed by atoms with Gasteiger partial charge in [-0.05, 0) is 36.1 Å². The summed E-state index contributed by atoms with van der Waals surface area (Å²) in [6.45, 7) is 0.967. The van der Waals surface area contributed by atoms with Crippen molar-refractivity contribution in [3.8, 4) is 0 Å². The molecule has 0 bridgehead atoms. The summed E-state index contributed by atoms with van der Waals surface area (Å²) < 4.78 is 1.21. The molecule has 3 heteroatoms. The number of halogens is 1. The maximum atomic E-state index is 3.69. The van der Waals surface area contributed by atoms with E-state index < -0.39 is 0 Å². The molecule has 104 valence electrons. The lowest BCUT2D eigenvalue weighted by atomic mass is 10.2. The number of nitrogens with one attached hydrogen (secondary N) is 1. The summed E-state index contributed by atoms with van der Waals surface area (Å²) in [4.78, 5) is 1.32. The fourth-order valence-electron chi connectivity index (χ4n) is 2.04. The van der Waals surface area contributed by atoms with Crippen LogP contribution in [0, 0.1) is 0 Å². The third-order valence-electron chi connectivity index (χ3n) is 3.43. The topological polar surface area (TPSA) is 12.0 Å². The highest BCUT2D eigenvalue weighted by molar-refractivity contribution is 9.10. The average Bonchev–Trinajstić information content (AvgIpc) is 3.29. The minimum Gasteiger partial charge on any atom is -0.310 e. The van der Waals surface area contributed by atoms with Crippen LogP contribution in [0.1, 0.15) is 24.0 Å². The van der Waals surface area contributed by atoms with Crippen molar-refractivity contribution in [2.24, 2.45) is 0 Å². The van der Waals surface area contributed by atoms with Gasteiger partial charge < -0.3 is 5.32 Å². The van der Waals surface area contributed by atoms with Crippen LogP contribution in [0.15, 0.2) is 57.9 Å². The number of rotatable bonds is 6. The van der Waals surface area contributed by atoms with Gasteiger partial charge in [0.05, 0.1) is 0 Å². The Hall–Kier alpha value is -0.770. The summed E-state index contributed by atoms with van der Waals surface area (Å²) in [5.74, 6) is 1.02. The van der Waals surface area contributed by atoms with Crippen LogP contribution in [0.3, 0.4) is 0 Å². The number of benzene rings is 2. The molecule has 0 heterocycles. The maximum Gasteiger partial charge on any atom is 0.0231 e. The van der Waals surface area contributed by atoms with E-state index in [-0.39, 0.29) is 0 Å². The average molecular weight is 348 g/mol. The predicted octanol–water partition coefficient (Wildman–Crippen LogP) is 4.99. The first-order valence-corrected chi connectivity index (χ1v) is 8.77. The Morgan fingerprint density at radius 3 is 2.60 bits per heavy atom. The SMILES string of the molecule is Brc1cc(SCc2ccccc2)ccc1CNC1CC1. The summed E-state index contributed by atoms with van der Waals surface area (Å²) in [5.41, 5.74) is 2.72. The minimum atomic E-state index is 0.758. The van der Waals surface area contributed by atoms with Crippen LogP contribution in [-0.4, -0.2) is 6.04 Å². The van der Waals surface area contributed by atoms with Gasteiger partial charge >= 0.3 is 0 Å². The molecule has 1 aliphatic rings. The summed E-state index contributed by atoms with van der Waals surface area (Å²) in [6.07, 6.45) is 2.67. The first-order chi connectivity index (χ1) is 9.81. The molecule has 2 aromatic carbocycles. The molecule has 0 aliphatic heterocycles. The molecule has 20 heavy (non-hydrogen) atoms. The van der Waals surface area contributed by atoms with Crippen LogP contribution in [0.2, 0.25) is 0 Å². The molecule has 0 radical (unpaired) electrons. The van der Waals surface area contributed by atoms with E-state index in [4.69, 9.17) is 0 Å². The van der Waals surface area contributed by atoms with Gasteiger partial charge in [-0.1, -0.05) is 52.3 Å². The highest BCUT2D eigenvalue weighted by atomic mass is 79.9. The van der Waals surface area contributed by atoms with Crippen LogP contribution >= 0.6 is 27.7 Å². The lowest BCUT2D eigenvalue weighted by Gasteiger charge is -2.08. The van der Waals surface area contributed by atoms with Gasteiger partial charge in [0, 0.05) is 27.7 Å². The lowest BCUT2D eigenvalue weighted by Crippen LogP contribution is -2.15. The zero-order chi connectivity index (χ0) is 13.8. The Morgan fingerprint density at radius 1 is 1.10 bits per heavy atom. The molecule has 1 nitrogen and oxygen atoms in total. The number of hydrogen-bond donors (Lipinski definition) is 1. The van der Waals surface area contributed by atoms with Crippen LogP contribution < -0.4 is 5.32 Å². The monoisotopic (exact) mass is 347 g/mol. The molecular formula is C17H18BrNS. The summed E-state index contributed by atoms with van der Waals surface area (Å²) in [6, 6.07) is 18.1. The quantitative estimate of drug-likeness (QED) is 0.738. The molecule has 0 saturated heterocycles. The summed E-state index contributed by atoms with van der Waals surface area (Å²) >= 11 is 5.57. The molecule has 1 saturated carbocycles. The standard InChI is InChI=1S/C17H18BrNS/c18-17-10-16(20-12-13-4-2-1-3-5-13)9-6-14(17)11-19-15-7-8-15/h1-6,9-10,15,19H,7-8,11-12H2. The van der Waals surface area contributed by atoms with Crippen molar-refractivity contribution >= 4 is 27.7 Å².